The molecule has 0 aliphatic carbocycles. The molecule has 12 rings (SSSR count). The van der Waals surface area contributed by atoms with E-state index < -0.39 is 0 Å². The van der Waals surface area contributed by atoms with Crippen molar-refractivity contribution in [3.05, 3.63) is 188 Å². The van der Waals surface area contributed by atoms with E-state index in [0.717, 1.165) is 104 Å². The highest BCUT2D eigenvalue weighted by molar-refractivity contribution is 6.19. The molecule has 0 aliphatic rings. The van der Waals surface area contributed by atoms with Gasteiger partial charge in [0.1, 0.15) is 22.3 Å². The topological polar surface area (TPSA) is 65.0 Å². The van der Waals surface area contributed by atoms with Gasteiger partial charge >= 0.3 is 0 Å². The average Bonchev–Trinajstić information content (AvgIpc) is 3.88. The SMILES string of the molecule is c1ccc(-c2ccc(-c3nc(-c4cc(-c5cccc6oc7ccccc7c56)c5ccccc5c4)nc(-c4ccc5ccc6oc7ccccc7c6c5c4)n3)cc2)cc1. The fourth-order valence-electron chi connectivity index (χ4n) is 8.55. The van der Waals surface area contributed by atoms with E-state index in [1.54, 1.807) is 0 Å². The first kappa shape index (κ1) is 32.4. The zero-order valence-electron chi connectivity index (χ0n) is 31.1. The number of benzene rings is 9. The van der Waals surface area contributed by atoms with Crippen LogP contribution in [0.15, 0.2) is 197 Å². The summed E-state index contributed by atoms with van der Waals surface area (Å²) < 4.78 is 12.6. The van der Waals surface area contributed by atoms with Crippen molar-refractivity contribution in [2.45, 2.75) is 0 Å². The van der Waals surface area contributed by atoms with Gasteiger partial charge in [0.25, 0.3) is 0 Å². The summed E-state index contributed by atoms with van der Waals surface area (Å²) in [5, 5.41) is 8.78. The zero-order valence-corrected chi connectivity index (χ0v) is 31.1. The van der Waals surface area contributed by atoms with E-state index in [-0.39, 0.29) is 0 Å². The van der Waals surface area contributed by atoms with Crippen molar-refractivity contribution in [3.63, 3.8) is 0 Å². The largest absolute Gasteiger partial charge is 0.456 e. The molecule has 5 nitrogen and oxygen atoms in total. The zero-order chi connectivity index (χ0) is 38.2. The maximum Gasteiger partial charge on any atom is 0.164 e. The van der Waals surface area contributed by atoms with Crippen LogP contribution in [0.4, 0.5) is 0 Å². The second-order valence-corrected chi connectivity index (χ2v) is 14.7. The summed E-state index contributed by atoms with van der Waals surface area (Å²) in [6, 6.07) is 65.2. The highest BCUT2D eigenvalue weighted by atomic mass is 16.3. The predicted molar refractivity (Wildman–Crippen MR) is 237 cm³/mol. The van der Waals surface area contributed by atoms with Crippen LogP contribution in [0.25, 0.3) is 122 Å². The van der Waals surface area contributed by atoms with Gasteiger partial charge in [0.2, 0.25) is 0 Å². The van der Waals surface area contributed by atoms with Gasteiger partial charge in [-0.1, -0.05) is 146 Å². The van der Waals surface area contributed by atoms with Crippen molar-refractivity contribution in [1.29, 1.82) is 0 Å². The number of para-hydroxylation sites is 2. The van der Waals surface area contributed by atoms with Crippen molar-refractivity contribution in [2.75, 3.05) is 0 Å². The summed E-state index contributed by atoms with van der Waals surface area (Å²) in [5.74, 6) is 1.79. The van der Waals surface area contributed by atoms with Crippen LogP contribution in [0, 0.1) is 0 Å². The van der Waals surface area contributed by atoms with Crippen LogP contribution in [-0.4, -0.2) is 15.0 Å². The van der Waals surface area contributed by atoms with E-state index in [1.165, 1.54) is 0 Å². The number of aromatic nitrogens is 3. The minimum Gasteiger partial charge on any atom is -0.456 e. The molecule has 58 heavy (non-hydrogen) atoms. The van der Waals surface area contributed by atoms with Crippen molar-refractivity contribution in [1.82, 2.24) is 15.0 Å². The van der Waals surface area contributed by atoms with Crippen molar-refractivity contribution in [3.8, 4) is 56.4 Å². The second-order valence-electron chi connectivity index (χ2n) is 14.7. The normalized spacial score (nSPS) is 11.8. The maximum absolute atomic E-state index is 6.34. The molecule has 0 unspecified atom stereocenters. The fourth-order valence-corrected chi connectivity index (χ4v) is 8.55. The first-order chi connectivity index (χ1) is 28.7. The molecule has 0 radical (unpaired) electrons. The monoisotopic (exact) mass is 741 g/mol. The van der Waals surface area contributed by atoms with Gasteiger partial charge in [-0.25, -0.2) is 15.0 Å². The molecule has 0 atom stereocenters. The highest BCUT2D eigenvalue weighted by Gasteiger charge is 2.19. The van der Waals surface area contributed by atoms with Gasteiger partial charge < -0.3 is 8.83 Å². The Morgan fingerprint density at radius 3 is 1.60 bits per heavy atom. The molecule has 270 valence electrons. The van der Waals surface area contributed by atoms with Crippen LogP contribution in [0.5, 0.6) is 0 Å². The number of hydrogen-bond donors (Lipinski definition) is 0. The lowest BCUT2D eigenvalue weighted by Gasteiger charge is -2.13. The maximum atomic E-state index is 6.34. The fraction of sp³-hybridized carbons (Fsp3) is 0. The van der Waals surface area contributed by atoms with E-state index in [0.29, 0.717) is 17.5 Å². The van der Waals surface area contributed by atoms with Crippen LogP contribution in [0.3, 0.4) is 0 Å². The molecule has 3 heterocycles. The average molecular weight is 742 g/mol. The van der Waals surface area contributed by atoms with E-state index in [4.69, 9.17) is 23.8 Å². The lowest BCUT2D eigenvalue weighted by Crippen LogP contribution is -2.00. The van der Waals surface area contributed by atoms with Gasteiger partial charge in [0, 0.05) is 38.2 Å². The van der Waals surface area contributed by atoms with Crippen LogP contribution in [0.1, 0.15) is 0 Å². The minimum absolute atomic E-state index is 0.593. The Morgan fingerprint density at radius 2 is 0.828 bits per heavy atom. The number of fused-ring (bicyclic) bond motifs is 9. The molecular weight excluding hydrogens is 711 g/mol. The predicted octanol–water partition coefficient (Wildman–Crippen LogP) is 14.3. The summed E-state index contributed by atoms with van der Waals surface area (Å²) in [7, 11) is 0. The highest BCUT2D eigenvalue weighted by Crippen LogP contribution is 2.42. The summed E-state index contributed by atoms with van der Waals surface area (Å²) in [5.41, 5.74) is 10.6. The Balaban J connectivity index is 1.09. The Bertz CT molecular complexity index is 3570. The van der Waals surface area contributed by atoms with E-state index >= 15 is 0 Å². The Labute approximate surface area is 332 Å². The summed E-state index contributed by atoms with van der Waals surface area (Å²) >= 11 is 0. The van der Waals surface area contributed by atoms with Crippen molar-refractivity contribution < 1.29 is 8.83 Å². The molecule has 9 aromatic carbocycles. The standard InChI is InChI=1S/C53H31N3O2/c1-2-11-32(12-3-1)33-21-24-35(25-22-33)51-54-52(37-26-23-34-27-28-48-50(43(34)30-37)42-16-7-9-19-46(42)58-48)56-53(55-51)38-29-36-13-4-5-14-39(36)44(31-38)40-17-10-20-47-49(40)41-15-6-8-18-45(41)57-47/h1-31H. The minimum atomic E-state index is 0.593. The first-order valence-corrected chi connectivity index (χ1v) is 19.4. The third kappa shape index (κ3) is 5.21. The molecule has 12 aromatic rings. The van der Waals surface area contributed by atoms with Crippen LogP contribution in [-0.2, 0) is 0 Å². The van der Waals surface area contributed by atoms with Gasteiger partial charge in [0.05, 0.1) is 0 Å². The Kier molecular flexibility index (Phi) is 7.16. The number of furan rings is 2. The third-order valence-electron chi connectivity index (χ3n) is 11.3. The summed E-state index contributed by atoms with van der Waals surface area (Å²) in [6.45, 7) is 0. The molecule has 0 fully saturated rings. The smallest absolute Gasteiger partial charge is 0.164 e. The first-order valence-electron chi connectivity index (χ1n) is 19.4. The van der Waals surface area contributed by atoms with Crippen LogP contribution >= 0.6 is 0 Å². The molecule has 0 amide bonds. The van der Waals surface area contributed by atoms with Gasteiger partial charge in [0.15, 0.2) is 17.5 Å². The number of rotatable bonds is 5. The van der Waals surface area contributed by atoms with Gasteiger partial charge in [-0.15, -0.1) is 0 Å². The second kappa shape index (κ2) is 12.8. The quantitative estimate of drug-likeness (QED) is 0.176. The van der Waals surface area contributed by atoms with E-state index in [2.05, 4.69) is 152 Å². The van der Waals surface area contributed by atoms with E-state index in [9.17, 15) is 0 Å². The Morgan fingerprint density at radius 1 is 0.276 bits per heavy atom. The summed E-state index contributed by atoms with van der Waals surface area (Å²) in [4.78, 5) is 15.7. The van der Waals surface area contributed by atoms with Gasteiger partial charge in [-0.2, -0.15) is 0 Å². The number of nitrogens with zero attached hydrogens (tertiary/aromatic N) is 3. The molecule has 0 aliphatic heterocycles. The molecule has 0 bridgehead atoms. The third-order valence-corrected chi connectivity index (χ3v) is 11.3. The van der Waals surface area contributed by atoms with Crippen LogP contribution in [0.2, 0.25) is 0 Å². The molecule has 0 saturated heterocycles. The summed E-state index contributed by atoms with van der Waals surface area (Å²) in [6.07, 6.45) is 0. The molecule has 0 saturated carbocycles. The lowest BCUT2D eigenvalue weighted by molar-refractivity contribution is 0.668. The van der Waals surface area contributed by atoms with Gasteiger partial charge in [-0.3, -0.25) is 0 Å². The Hall–Kier alpha value is -7.89. The van der Waals surface area contributed by atoms with Crippen LogP contribution < -0.4 is 0 Å². The molecule has 0 spiro atoms. The van der Waals surface area contributed by atoms with Gasteiger partial charge in [-0.05, 0) is 86.3 Å². The van der Waals surface area contributed by atoms with Crippen molar-refractivity contribution >= 4 is 65.4 Å². The molecule has 0 N–H and O–H groups in total. The molecule has 5 heteroatoms. The molecular formula is C53H31N3O2. The lowest BCUT2D eigenvalue weighted by atomic mass is 9.92. The van der Waals surface area contributed by atoms with Crippen molar-refractivity contribution in [2.24, 2.45) is 0 Å². The molecule has 3 aromatic heterocycles. The van der Waals surface area contributed by atoms with E-state index in [1.807, 2.05) is 36.4 Å². The number of hydrogen-bond acceptors (Lipinski definition) is 5.